The van der Waals surface area contributed by atoms with Gasteiger partial charge in [-0.1, -0.05) is 24.3 Å². The largest absolute Gasteiger partial charge is 0.371 e. The van der Waals surface area contributed by atoms with E-state index in [2.05, 4.69) is 0 Å². The van der Waals surface area contributed by atoms with E-state index in [9.17, 15) is 17.6 Å². The molecule has 0 aliphatic carbocycles. The Morgan fingerprint density at radius 1 is 1.12 bits per heavy atom. The molecule has 1 saturated heterocycles. The van der Waals surface area contributed by atoms with Gasteiger partial charge in [-0.3, -0.25) is 4.79 Å². The number of carbonyl (C=O) groups is 1. The highest BCUT2D eigenvalue weighted by molar-refractivity contribution is 7.89. The van der Waals surface area contributed by atoms with Gasteiger partial charge >= 0.3 is 0 Å². The number of hydrogen-bond acceptors (Lipinski definition) is 4. The summed E-state index contributed by atoms with van der Waals surface area (Å²) in [6.07, 6.45) is -0.444. The molecule has 0 spiro atoms. The lowest BCUT2D eigenvalue weighted by atomic mass is 10.1. The van der Waals surface area contributed by atoms with Crippen molar-refractivity contribution in [2.24, 2.45) is 0 Å². The first kappa shape index (κ1) is 17.7. The summed E-state index contributed by atoms with van der Waals surface area (Å²) in [5.74, 6) is -0.471. The molecule has 2 aromatic rings. The molecule has 0 aromatic heterocycles. The smallest absolute Gasteiger partial charge is 0.243 e. The minimum Gasteiger partial charge on any atom is -0.371 e. The van der Waals surface area contributed by atoms with Crippen LogP contribution >= 0.6 is 0 Å². The predicted octanol–water partition coefficient (Wildman–Crippen LogP) is 2.79. The molecule has 1 heterocycles. The summed E-state index contributed by atoms with van der Waals surface area (Å²) >= 11 is 0. The fourth-order valence-corrected chi connectivity index (χ4v) is 4.16. The van der Waals surface area contributed by atoms with Crippen molar-refractivity contribution in [2.45, 2.75) is 17.9 Å². The fraction of sp³-hybridized carbons (Fsp3) is 0.278. The highest BCUT2D eigenvalue weighted by atomic mass is 32.2. The maximum absolute atomic E-state index is 13.1. The summed E-state index contributed by atoms with van der Waals surface area (Å²) < 4.78 is 45.7. The lowest BCUT2D eigenvalue weighted by Crippen LogP contribution is -2.42. The van der Waals surface area contributed by atoms with Gasteiger partial charge in [0.15, 0.2) is 5.78 Å². The zero-order chi connectivity index (χ0) is 18.0. The van der Waals surface area contributed by atoms with E-state index in [0.717, 1.165) is 5.56 Å². The van der Waals surface area contributed by atoms with Crippen LogP contribution in [0.25, 0.3) is 0 Å². The summed E-state index contributed by atoms with van der Waals surface area (Å²) in [6.45, 7) is 2.09. The van der Waals surface area contributed by atoms with Crippen LogP contribution in [0.5, 0.6) is 0 Å². The van der Waals surface area contributed by atoms with E-state index in [0.29, 0.717) is 5.56 Å². The van der Waals surface area contributed by atoms with Gasteiger partial charge in [-0.15, -0.1) is 0 Å². The number of ketones is 1. The first-order valence-electron chi connectivity index (χ1n) is 7.86. The second kappa shape index (κ2) is 7.03. The molecule has 25 heavy (non-hydrogen) atoms. The molecule has 1 aliphatic heterocycles. The molecule has 5 nitrogen and oxygen atoms in total. The van der Waals surface area contributed by atoms with Crippen molar-refractivity contribution >= 4 is 15.8 Å². The van der Waals surface area contributed by atoms with Crippen molar-refractivity contribution in [2.75, 3.05) is 19.7 Å². The van der Waals surface area contributed by atoms with E-state index in [1.807, 2.05) is 0 Å². The van der Waals surface area contributed by atoms with E-state index in [1.165, 1.54) is 47.6 Å². The maximum atomic E-state index is 13.1. The van der Waals surface area contributed by atoms with Crippen LogP contribution in [0.4, 0.5) is 4.39 Å². The molecular formula is C18H18FNO4S. The molecular weight excluding hydrogens is 345 g/mol. The van der Waals surface area contributed by atoms with Gasteiger partial charge in [0.1, 0.15) is 5.82 Å². The first-order valence-corrected chi connectivity index (χ1v) is 9.30. The van der Waals surface area contributed by atoms with Crippen LogP contribution in [0.1, 0.15) is 28.9 Å². The van der Waals surface area contributed by atoms with Crippen molar-refractivity contribution in [3.8, 4) is 0 Å². The Kier molecular flexibility index (Phi) is 4.99. The van der Waals surface area contributed by atoms with Crippen LogP contribution < -0.4 is 0 Å². The Hall–Kier alpha value is -2.09. The Morgan fingerprint density at radius 2 is 1.76 bits per heavy atom. The van der Waals surface area contributed by atoms with E-state index in [4.69, 9.17) is 4.74 Å². The molecule has 7 heteroatoms. The van der Waals surface area contributed by atoms with Gasteiger partial charge in [0.05, 0.1) is 17.6 Å². The SMILES string of the molecule is CC(=O)c1ccc(S(=O)(=O)N2CCO[C@H](c3ccc(F)cc3)C2)cc1. The molecule has 3 rings (SSSR count). The number of ether oxygens (including phenoxy) is 1. The van der Waals surface area contributed by atoms with E-state index >= 15 is 0 Å². The van der Waals surface area contributed by atoms with E-state index in [-0.39, 0.29) is 36.2 Å². The predicted molar refractivity (Wildman–Crippen MR) is 90.3 cm³/mol. The molecule has 1 aliphatic rings. The number of halogens is 1. The topological polar surface area (TPSA) is 63.7 Å². The molecule has 0 saturated carbocycles. The second-order valence-corrected chi connectivity index (χ2v) is 7.79. The highest BCUT2D eigenvalue weighted by Crippen LogP contribution is 2.26. The van der Waals surface area contributed by atoms with Crippen LogP contribution in [-0.2, 0) is 14.8 Å². The lowest BCUT2D eigenvalue weighted by Gasteiger charge is -2.32. The monoisotopic (exact) mass is 363 g/mol. The van der Waals surface area contributed by atoms with Gasteiger partial charge in [-0.2, -0.15) is 4.31 Å². The van der Waals surface area contributed by atoms with Gasteiger partial charge in [-0.25, -0.2) is 12.8 Å². The molecule has 0 N–H and O–H groups in total. The number of nitrogens with zero attached hydrogens (tertiary/aromatic N) is 1. The minimum atomic E-state index is -3.69. The van der Waals surface area contributed by atoms with E-state index in [1.54, 1.807) is 12.1 Å². The summed E-state index contributed by atoms with van der Waals surface area (Å²) in [6, 6.07) is 11.7. The van der Waals surface area contributed by atoms with Gasteiger partial charge in [0.25, 0.3) is 0 Å². The first-order chi connectivity index (χ1) is 11.9. The normalized spacial score (nSPS) is 18.9. The average Bonchev–Trinajstić information content (AvgIpc) is 2.62. The van der Waals surface area contributed by atoms with Crippen molar-refractivity contribution in [1.29, 1.82) is 0 Å². The minimum absolute atomic E-state index is 0.119. The molecule has 0 unspecified atom stereocenters. The lowest BCUT2D eigenvalue weighted by molar-refractivity contribution is -0.00258. The Balaban J connectivity index is 1.81. The number of Topliss-reactive ketones (excluding diaryl/α,β-unsaturated/α-hetero) is 1. The number of benzene rings is 2. The summed E-state index contributed by atoms with van der Waals surface area (Å²) in [7, 11) is -3.69. The van der Waals surface area contributed by atoms with E-state index < -0.39 is 16.1 Å². The van der Waals surface area contributed by atoms with Gasteiger partial charge < -0.3 is 4.74 Å². The van der Waals surface area contributed by atoms with Crippen LogP contribution in [0.2, 0.25) is 0 Å². The maximum Gasteiger partial charge on any atom is 0.243 e. The molecule has 2 aromatic carbocycles. The quantitative estimate of drug-likeness (QED) is 0.784. The van der Waals surface area contributed by atoms with Crippen LogP contribution in [0.3, 0.4) is 0 Å². The van der Waals surface area contributed by atoms with Gasteiger partial charge in [0, 0.05) is 18.7 Å². The Morgan fingerprint density at radius 3 is 2.36 bits per heavy atom. The summed E-state index contributed by atoms with van der Waals surface area (Å²) in [5.41, 5.74) is 1.19. The zero-order valence-corrected chi connectivity index (χ0v) is 14.5. The zero-order valence-electron chi connectivity index (χ0n) is 13.7. The van der Waals surface area contributed by atoms with Gasteiger partial charge in [-0.05, 0) is 36.8 Å². The Labute approximate surface area is 146 Å². The van der Waals surface area contributed by atoms with Crippen molar-refractivity contribution in [1.82, 2.24) is 4.31 Å². The third-order valence-electron chi connectivity index (χ3n) is 4.17. The van der Waals surface area contributed by atoms with Crippen LogP contribution in [0.15, 0.2) is 53.4 Å². The number of hydrogen-bond donors (Lipinski definition) is 0. The molecule has 0 bridgehead atoms. The van der Waals surface area contributed by atoms with Crippen molar-refractivity contribution in [3.05, 3.63) is 65.5 Å². The molecule has 1 fully saturated rings. The molecule has 0 radical (unpaired) electrons. The van der Waals surface area contributed by atoms with Crippen molar-refractivity contribution < 1.29 is 22.3 Å². The molecule has 0 amide bonds. The average molecular weight is 363 g/mol. The molecule has 132 valence electrons. The number of carbonyl (C=O) groups excluding carboxylic acids is 1. The fourth-order valence-electron chi connectivity index (χ4n) is 2.73. The second-order valence-electron chi connectivity index (χ2n) is 5.85. The molecule has 1 atom stereocenters. The number of morpholine rings is 1. The summed E-state index contributed by atoms with van der Waals surface area (Å²) in [4.78, 5) is 11.5. The number of sulfonamides is 1. The summed E-state index contributed by atoms with van der Waals surface area (Å²) in [5, 5.41) is 0. The van der Waals surface area contributed by atoms with Gasteiger partial charge in [0.2, 0.25) is 10.0 Å². The number of rotatable bonds is 4. The Bertz CT molecular complexity index is 863. The van der Waals surface area contributed by atoms with Crippen LogP contribution in [0, 0.1) is 5.82 Å². The highest BCUT2D eigenvalue weighted by Gasteiger charge is 2.31. The van der Waals surface area contributed by atoms with Crippen molar-refractivity contribution in [3.63, 3.8) is 0 Å². The van der Waals surface area contributed by atoms with Crippen LogP contribution in [-0.4, -0.2) is 38.2 Å². The standard InChI is InChI=1S/C18H18FNO4S/c1-13(21)14-4-8-17(9-5-14)25(22,23)20-10-11-24-18(12-20)15-2-6-16(19)7-3-15/h2-9,18H,10-12H2,1H3/t18-/m0/s1. The third-order valence-corrected chi connectivity index (χ3v) is 6.05. The third kappa shape index (κ3) is 3.78.